The van der Waals surface area contributed by atoms with Crippen LogP contribution < -0.4 is 10.6 Å². The lowest BCUT2D eigenvalue weighted by atomic mass is 9.49. The second kappa shape index (κ2) is 4.92. The van der Waals surface area contributed by atoms with Crippen molar-refractivity contribution < 1.29 is 0 Å². The van der Waals surface area contributed by atoms with Gasteiger partial charge in [0.05, 0.1) is 5.69 Å². The fourth-order valence-electron chi connectivity index (χ4n) is 6.21. The Bertz CT molecular complexity index is 547. The predicted octanol–water partition coefficient (Wildman–Crippen LogP) is 2.75. The molecule has 1 aromatic rings. The Morgan fingerprint density at radius 2 is 1.82 bits per heavy atom. The number of rotatable bonds is 3. The lowest BCUT2D eigenvalue weighted by Crippen LogP contribution is -2.49. The normalized spacial score (nSPS) is 38.8. The van der Waals surface area contributed by atoms with E-state index in [0.29, 0.717) is 5.41 Å². The molecule has 0 amide bonds. The first kappa shape index (κ1) is 13.3. The van der Waals surface area contributed by atoms with Gasteiger partial charge in [-0.1, -0.05) is 0 Å². The van der Waals surface area contributed by atoms with Gasteiger partial charge in [-0.05, 0) is 74.7 Å². The average molecular weight is 298 g/mol. The lowest BCUT2D eigenvalue weighted by molar-refractivity contribution is -0.0444. The summed E-state index contributed by atoms with van der Waals surface area (Å²) in [5, 5.41) is 7.15. The number of nitrogens with one attached hydrogen (secondary N) is 2. The van der Waals surface area contributed by atoms with E-state index in [-0.39, 0.29) is 0 Å². The number of aromatic nitrogens is 2. The van der Waals surface area contributed by atoms with Gasteiger partial charge in [0.15, 0.2) is 0 Å². The summed E-state index contributed by atoms with van der Waals surface area (Å²) in [5.74, 6) is 4.19. The maximum absolute atomic E-state index is 4.56. The first-order valence-electron chi connectivity index (χ1n) is 9.07. The van der Waals surface area contributed by atoms with Crippen LogP contribution in [-0.2, 0) is 13.0 Å². The summed E-state index contributed by atoms with van der Waals surface area (Å²) in [4.78, 5) is 9.00. The zero-order valence-electron chi connectivity index (χ0n) is 13.3. The second-order valence-electron chi connectivity index (χ2n) is 8.35. The minimum Gasteiger partial charge on any atom is -0.369 e. The molecule has 118 valence electrons. The van der Waals surface area contributed by atoms with E-state index >= 15 is 0 Å². The molecule has 4 nitrogen and oxygen atoms in total. The largest absolute Gasteiger partial charge is 0.369 e. The van der Waals surface area contributed by atoms with Crippen molar-refractivity contribution in [3.63, 3.8) is 0 Å². The zero-order valence-corrected chi connectivity index (χ0v) is 13.3. The molecular weight excluding hydrogens is 272 g/mol. The van der Waals surface area contributed by atoms with Crippen molar-refractivity contribution in [2.24, 2.45) is 23.2 Å². The molecule has 0 atom stereocenters. The number of hydrogen-bond donors (Lipinski definition) is 2. The van der Waals surface area contributed by atoms with Crippen molar-refractivity contribution in [1.82, 2.24) is 15.3 Å². The molecule has 4 heteroatoms. The van der Waals surface area contributed by atoms with Crippen LogP contribution in [0.15, 0.2) is 6.33 Å². The molecule has 0 saturated heterocycles. The first-order chi connectivity index (χ1) is 10.8. The monoisotopic (exact) mass is 298 g/mol. The SMILES string of the molecule is c1nc2c(c(NCC34CC5CC(CC(C5)C3)C4)n1)CCNC2. The van der Waals surface area contributed by atoms with Gasteiger partial charge in [-0.3, -0.25) is 0 Å². The predicted molar refractivity (Wildman–Crippen MR) is 86.5 cm³/mol. The van der Waals surface area contributed by atoms with E-state index in [1.165, 1.54) is 49.8 Å². The van der Waals surface area contributed by atoms with Crippen molar-refractivity contribution >= 4 is 5.82 Å². The maximum Gasteiger partial charge on any atom is 0.132 e. The average Bonchev–Trinajstić information content (AvgIpc) is 2.52. The fourth-order valence-corrected chi connectivity index (χ4v) is 6.21. The van der Waals surface area contributed by atoms with Crippen LogP contribution in [0.25, 0.3) is 0 Å². The van der Waals surface area contributed by atoms with Crippen LogP contribution in [0.3, 0.4) is 0 Å². The number of nitrogens with zero attached hydrogens (tertiary/aromatic N) is 2. The van der Waals surface area contributed by atoms with Crippen molar-refractivity contribution in [2.45, 2.75) is 51.5 Å². The Hall–Kier alpha value is -1.16. The molecule has 4 bridgehead atoms. The molecule has 0 unspecified atom stereocenters. The van der Waals surface area contributed by atoms with E-state index in [4.69, 9.17) is 0 Å². The van der Waals surface area contributed by atoms with Gasteiger partial charge < -0.3 is 10.6 Å². The van der Waals surface area contributed by atoms with Crippen LogP contribution in [0.2, 0.25) is 0 Å². The third kappa shape index (κ3) is 2.15. The van der Waals surface area contributed by atoms with Crippen LogP contribution in [0, 0.1) is 23.2 Å². The smallest absolute Gasteiger partial charge is 0.132 e. The van der Waals surface area contributed by atoms with E-state index in [9.17, 15) is 0 Å². The Kier molecular flexibility index (Phi) is 2.97. The molecule has 6 rings (SSSR count). The highest BCUT2D eigenvalue weighted by Crippen LogP contribution is 2.59. The molecule has 4 aliphatic carbocycles. The van der Waals surface area contributed by atoms with Crippen LogP contribution in [0.1, 0.15) is 49.8 Å². The van der Waals surface area contributed by atoms with Gasteiger partial charge in [-0.2, -0.15) is 0 Å². The first-order valence-corrected chi connectivity index (χ1v) is 9.07. The molecule has 22 heavy (non-hydrogen) atoms. The van der Waals surface area contributed by atoms with E-state index < -0.39 is 0 Å². The van der Waals surface area contributed by atoms with Crippen LogP contribution in [0.5, 0.6) is 0 Å². The fraction of sp³-hybridized carbons (Fsp3) is 0.778. The summed E-state index contributed by atoms with van der Waals surface area (Å²) >= 11 is 0. The highest BCUT2D eigenvalue weighted by Gasteiger charge is 2.50. The van der Waals surface area contributed by atoms with Crippen LogP contribution >= 0.6 is 0 Å². The minimum atomic E-state index is 0.569. The minimum absolute atomic E-state index is 0.569. The van der Waals surface area contributed by atoms with Gasteiger partial charge in [0.2, 0.25) is 0 Å². The zero-order chi connectivity index (χ0) is 14.6. The quantitative estimate of drug-likeness (QED) is 0.901. The number of fused-ring (bicyclic) bond motifs is 1. The van der Waals surface area contributed by atoms with Crippen molar-refractivity contribution in [2.75, 3.05) is 18.4 Å². The molecule has 4 saturated carbocycles. The highest BCUT2D eigenvalue weighted by atomic mass is 15.0. The molecule has 0 spiro atoms. The highest BCUT2D eigenvalue weighted by molar-refractivity contribution is 5.47. The van der Waals surface area contributed by atoms with Crippen molar-refractivity contribution in [3.05, 3.63) is 17.6 Å². The molecule has 2 N–H and O–H groups in total. The summed E-state index contributed by atoms with van der Waals surface area (Å²) in [6.07, 6.45) is 11.7. The lowest BCUT2D eigenvalue weighted by Gasteiger charge is -2.57. The summed E-state index contributed by atoms with van der Waals surface area (Å²) in [6, 6.07) is 0. The topological polar surface area (TPSA) is 49.8 Å². The standard InChI is InChI=1S/C18H26N4/c1-2-19-9-16-15(1)17(22-11-21-16)20-10-18-6-12-3-13(7-18)5-14(4-12)8-18/h11-14,19H,1-10H2,(H,20,21,22). The summed E-state index contributed by atoms with van der Waals surface area (Å²) < 4.78 is 0. The summed E-state index contributed by atoms with van der Waals surface area (Å²) in [6.45, 7) is 3.07. The Labute approximate surface area is 132 Å². The molecule has 5 aliphatic rings. The van der Waals surface area contributed by atoms with Gasteiger partial charge in [0.25, 0.3) is 0 Å². The molecule has 2 heterocycles. The van der Waals surface area contributed by atoms with E-state index in [1.54, 1.807) is 6.33 Å². The molecule has 1 aliphatic heterocycles. The molecule has 0 aromatic carbocycles. The molecule has 1 aromatic heterocycles. The Balaban J connectivity index is 1.35. The Morgan fingerprint density at radius 1 is 1.09 bits per heavy atom. The van der Waals surface area contributed by atoms with E-state index in [1.807, 2.05) is 0 Å². The van der Waals surface area contributed by atoms with Crippen LogP contribution in [-0.4, -0.2) is 23.1 Å². The Morgan fingerprint density at radius 3 is 2.55 bits per heavy atom. The third-order valence-electron chi connectivity index (χ3n) is 6.67. The summed E-state index contributed by atoms with van der Waals surface area (Å²) in [7, 11) is 0. The van der Waals surface area contributed by atoms with E-state index in [0.717, 1.165) is 49.6 Å². The number of hydrogen-bond acceptors (Lipinski definition) is 4. The van der Waals surface area contributed by atoms with Gasteiger partial charge in [0, 0.05) is 18.7 Å². The van der Waals surface area contributed by atoms with Crippen molar-refractivity contribution in [3.8, 4) is 0 Å². The molecule has 4 fully saturated rings. The second-order valence-corrected chi connectivity index (χ2v) is 8.35. The number of anilines is 1. The summed E-state index contributed by atoms with van der Waals surface area (Å²) in [5.41, 5.74) is 3.11. The van der Waals surface area contributed by atoms with Gasteiger partial charge in [-0.25, -0.2) is 9.97 Å². The van der Waals surface area contributed by atoms with Gasteiger partial charge >= 0.3 is 0 Å². The third-order valence-corrected chi connectivity index (χ3v) is 6.67. The van der Waals surface area contributed by atoms with Crippen molar-refractivity contribution in [1.29, 1.82) is 0 Å². The van der Waals surface area contributed by atoms with Gasteiger partial charge in [-0.15, -0.1) is 0 Å². The molecular formula is C18H26N4. The van der Waals surface area contributed by atoms with Crippen LogP contribution in [0.4, 0.5) is 5.82 Å². The van der Waals surface area contributed by atoms with E-state index in [2.05, 4.69) is 20.6 Å². The maximum atomic E-state index is 4.56. The van der Waals surface area contributed by atoms with Gasteiger partial charge in [0.1, 0.15) is 12.1 Å². The molecule has 0 radical (unpaired) electrons.